The fourth-order valence-electron chi connectivity index (χ4n) is 2.77. The number of carboxylic acids is 1. The highest BCUT2D eigenvalue weighted by atomic mass is 16.5. The lowest BCUT2D eigenvalue weighted by atomic mass is 10.1. The van der Waals surface area contributed by atoms with E-state index in [2.05, 4.69) is 10.3 Å². The quantitative estimate of drug-likeness (QED) is 0.151. The predicted octanol–water partition coefficient (Wildman–Crippen LogP) is -2.22. The van der Waals surface area contributed by atoms with Crippen LogP contribution < -0.4 is 28.2 Å². The lowest BCUT2D eigenvalue weighted by molar-refractivity contribution is -0.159. The van der Waals surface area contributed by atoms with Crippen LogP contribution in [0.25, 0.3) is 0 Å². The second kappa shape index (κ2) is 9.84. The molecule has 1 aliphatic rings. The van der Waals surface area contributed by atoms with Crippen molar-refractivity contribution in [3.8, 4) is 0 Å². The molecule has 0 spiro atoms. The van der Waals surface area contributed by atoms with Gasteiger partial charge in [-0.15, -0.1) is 0 Å². The summed E-state index contributed by atoms with van der Waals surface area (Å²) in [5.74, 6) is -1.84. The molecule has 0 radical (unpaired) electrons. The average molecular weight is 422 g/mol. The highest BCUT2D eigenvalue weighted by Crippen LogP contribution is 2.20. The van der Waals surface area contributed by atoms with E-state index in [4.69, 9.17) is 27.3 Å². The fraction of sp³-hybridized carbons (Fsp3) is 0.471. The summed E-state index contributed by atoms with van der Waals surface area (Å²) in [7, 11) is 1.63. The number of anilines is 1. The van der Waals surface area contributed by atoms with Crippen LogP contribution in [0.2, 0.25) is 0 Å². The second-order valence-corrected chi connectivity index (χ2v) is 6.87. The molecule has 1 amide bonds. The van der Waals surface area contributed by atoms with E-state index in [9.17, 15) is 19.5 Å². The Kier molecular flexibility index (Phi) is 7.49. The molecule has 0 fully saturated rings. The van der Waals surface area contributed by atoms with Crippen molar-refractivity contribution >= 4 is 23.7 Å². The van der Waals surface area contributed by atoms with Crippen molar-refractivity contribution in [2.75, 3.05) is 19.3 Å². The lowest BCUT2D eigenvalue weighted by Gasteiger charge is -2.31. The molecule has 30 heavy (non-hydrogen) atoms. The number of nitrogens with one attached hydrogen (secondary N) is 2. The van der Waals surface area contributed by atoms with Crippen LogP contribution in [0.4, 0.5) is 5.82 Å². The number of nitrogen functional groups attached to an aromatic ring is 1. The van der Waals surface area contributed by atoms with Crippen LogP contribution in [-0.4, -0.2) is 69.2 Å². The Labute approximate surface area is 172 Å². The Morgan fingerprint density at radius 1 is 1.47 bits per heavy atom. The van der Waals surface area contributed by atoms with Crippen molar-refractivity contribution in [3.05, 3.63) is 34.9 Å². The first-order chi connectivity index (χ1) is 14.1. The van der Waals surface area contributed by atoms with Gasteiger partial charge in [0.15, 0.2) is 18.3 Å². The molecule has 0 aliphatic carbocycles. The Morgan fingerprint density at radius 2 is 2.17 bits per heavy atom. The van der Waals surface area contributed by atoms with Gasteiger partial charge in [-0.2, -0.15) is 4.98 Å². The average Bonchev–Trinajstić information content (AvgIpc) is 2.66. The summed E-state index contributed by atoms with van der Waals surface area (Å²) in [5, 5.41) is 19.4. The van der Waals surface area contributed by atoms with Crippen LogP contribution in [0.1, 0.15) is 19.1 Å². The van der Waals surface area contributed by atoms with Crippen LogP contribution in [0, 0.1) is 5.41 Å². The van der Waals surface area contributed by atoms with Gasteiger partial charge in [0.1, 0.15) is 5.82 Å². The van der Waals surface area contributed by atoms with E-state index < -0.39 is 42.0 Å². The monoisotopic (exact) mass is 422 g/mol. The van der Waals surface area contributed by atoms with E-state index in [0.717, 1.165) is 4.57 Å². The topological polar surface area (TPSA) is 216 Å². The summed E-state index contributed by atoms with van der Waals surface area (Å²) in [6.45, 7) is 0.403. The van der Waals surface area contributed by atoms with Gasteiger partial charge in [0, 0.05) is 32.3 Å². The Bertz CT molecular complexity index is 885. The van der Waals surface area contributed by atoms with Gasteiger partial charge in [-0.3, -0.25) is 14.8 Å². The van der Waals surface area contributed by atoms with E-state index in [1.54, 1.807) is 7.05 Å². The molecule has 1 aliphatic heterocycles. The van der Waals surface area contributed by atoms with Gasteiger partial charge in [-0.25, -0.2) is 9.59 Å². The third-order valence-corrected chi connectivity index (χ3v) is 4.49. The first-order valence-corrected chi connectivity index (χ1v) is 9.10. The number of carbonyl (C=O) groups excluding carboxylic acids is 1. The van der Waals surface area contributed by atoms with E-state index in [1.807, 2.05) is 0 Å². The van der Waals surface area contributed by atoms with Crippen LogP contribution >= 0.6 is 0 Å². The van der Waals surface area contributed by atoms with Crippen molar-refractivity contribution in [1.82, 2.24) is 19.8 Å². The van der Waals surface area contributed by atoms with Crippen LogP contribution in [0.15, 0.2) is 29.2 Å². The SMILES string of the molecule is CN(CC[C@H](N)CC(=O)N[C@@H]1C=C[C@H](n2ccc(N)nc2=O)O[C@H]1C(=O)O)C(=N)N. The molecule has 164 valence electrons. The van der Waals surface area contributed by atoms with E-state index >= 15 is 0 Å². The third-order valence-electron chi connectivity index (χ3n) is 4.49. The summed E-state index contributed by atoms with van der Waals surface area (Å²) < 4.78 is 6.57. The zero-order chi connectivity index (χ0) is 22.4. The maximum atomic E-state index is 12.3. The largest absolute Gasteiger partial charge is 0.479 e. The van der Waals surface area contributed by atoms with Crippen molar-refractivity contribution in [2.45, 2.75) is 37.3 Å². The molecule has 0 saturated heterocycles. The number of aromatic nitrogens is 2. The number of hydrogen-bond acceptors (Lipinski definition) is 8. The number of guanidine groups is 1. The molecular weight excluding hydrogens is 396 g/mol. The van der Waals surface area contributed by atoms with E-state index in [-0.39, 0.29) is 18.2 Å². The van der Waals surface area contributed by atoms with Crippen molar-refractivity contribution < 1.29 is 19.4 Å². The zero-order valence-electron chi connectivity index (χ0n) is 16.4. The maximum absolute atomic E-state index is 12.3. The molecule has 9 N–H and O–H groups in total. The van der Waals surface area contributed by atoms with E-state index in [0.29, 0.717) is 13.0 Å². The first-order valence-electron chi connectivity index (χ1n) is 9.10. The van der Waals surface area contributed by atoms with E-state index in [1.165, 1.54) is 29.3 Å². The molecule has 2 rings (SSSR count). The molecule has 1 aromatic heterocycles. The summed E-state index contributed by atoms with van der Waals surface area (Å²) in [5.41, 5.74) is 16.0. The molecule has 0 aromatic carbocycles. The smallest absolute Gasteiger partial charge is 0.351 e. The minimum Gasteiger partial charge on any atom is -0.479 e. The van der Waals surface area contributed by atoms with Crippen LogP contribution in [0.3, 0.4) is 0 Å². The van der Waals surface area contributed by atoms with Crippen molar-refractivity contribution in [3.63, 3.8) is 0 Å². The molecule has 0 saturated carbocycles. The van der Waals surface area contributed by atoms with Crippen molar-refractivity contribution in [2.24, 2.45) is 11.5 Å². The molecule has 4 atom stereocenters. The molecule has 0 bridgehead atoms. The number of carboxylic acid groups (broad SMARTS) is 1. The summed E-state index contributed by atoms with van der Waals surface area (Å²) in [6, 6.07) is -0.0702. The number of aliphatic carboxylic acids is 1. The number of rotatable bonds is 8. The summed E-state index contributed by atoms with van der Waals surface area (Å²) in [6.07, 6.45) is 2.17. The minimum atomic E-state index is -1.42. The van der Waals surface area contributed by atoms with Gasteiger partial charge < -0.3 is 37.3 Å². The maximum Gasteiger partial charge on any atom is 0.351 e. The Balaban J connectivity index is 2.01. The zero-order valence-corrected chi connectivity index (χ0v) is 16.4. The first kappa shape index (κ1) is 22.8. The number of amides is 1. The van der Waals surface area contributed by atoms with Crippen LogP contribution in [0.5, 0.6) is 0 Å². The Hall–Kier alpha value is -3.45. The van der Waals surface area contributed by atoms with Gasteiger partial charge in [0.2, 0.25) is 5.91 Å². The highest BCUT2D eigenvalue weighted by Gasteiger charge is 2.35. The molecule has 13 heteroatoms. The normalized spacial score (nSPS) is 21.6. The van der Waals surface area contributed by atoms with Gasteiger partial charge in [-0.05, 0) is 18.6 Å². The predicted molar refractivity (Wildman–Crippen MR) is 107 cm³/mol. The third kappa shape index (κ3) is 6.02. The number of carbonyl (C=O) groups is 2. The van der Waals surface area contributed by atoms with Gasteiger partial charge in [0.05, 0.1) is 6.04 Å². The van der Waals surface area contributed by atoms with Crippen LogP contribution in [-0.2, 0) is 14.3 Å². The number of nitrogens with two attached hydrogens (primary N) is 3. The van der Waals surface area contributed by atoms with Gasteiger partial charge in [-0.1, -0.05) is 6.08 Å². The second-order valence-electron chi connectivity index (χ2n) is 6.87. The molecular formula is C17H26N8O5. The molecule has 2 heterocycles. The number of nitrogens with zero attached hydrogens (tertiary/aromatic N) is 3. The summed E-state index contributed by atoms with van der Waals surface area (Å²) >= 11 is 0. The van der Waals surface area contributed by atoms with Gasteiger partial charge in [0.25, 0.3) is 0 Å². The lowest BCUT2D eigenvalue weighted by Crippen LogP contribution is -2.51. The molecule has 13 nitrogen and oxygen atoms in total. The van der Waals surface area contributed by atoms with Crippen molar-refractivity contribution in [1.29, 1.82) is 5.41 Å². The molecule has 1 aromatic rings. The standard InChI is InChI=1S/C17H26N8O5/c1-24(16(20)21)6-4-9(18)8-12(26)22-10-2-3-13(30-14(10)15(27)28)25-7-5-11(19)23-17(25)29/h2-3,5,7,9-10,13-14H,4,6,8,18H2,1H3,(H3,20,21)(H,22,26)(H,27,28)(H2,19,23,29)/t9-,10+,13+,14+/m0/s1. The Morgan fingerprint density at radius 3 is 2.77 bits per heavy atom. The fourth-order valence-corrected chi connectivity index (χ4v) is 2.77. The van der Waals surface area contributed by atoms with Gasteiger partial charge >= 0.3 is 11.7 Å². The molecule has 0 unspecified atom stereocenters. The highest BCUT2D eigenvalue weighted by molar-refractivity contribution is 5.80. The minimum absolute atomic E-state index is 0.0294. The number of ether oxygens (including phenoxy) is 1. The summed E-state index contributed by atoms with van der Waals surface area (Å²) in [4.78, 5) is 40.9. The number of hydrogen-bond donors (Lipinski definition) is 6.